The maximum atomic E-state index is 13.9. The van der Waals surface area contributed by atoms with Crippen LogP contribution in [0.25, 0.3) is 0 Å². The summed E-state index contributed by atoms with van der Waals surface area (Å²) in [6.45, 7) is 1.37. The molecule has 1 N–H and O–H groups in total. The number of benzene rings is 3. The van der Waals surface area contributed by atoms with Crippen LogP contribution in [0.15, 0.2) is 78.9 Å². The van der Waals surface area contributed by atoms with Gasteiger partial charge in [-0.05, 0) is 67.6 Å². The quantitative estimate of drug-likeness (QED) is 0.336. The van der Waals surface area contributed by atoms with Gasteiger partial charge < -0.3 is 15.1 Å². The highest BCUT2D eigenvalue weighted by molar-refractivity contribution is 6.33. The third-order valence-electron chi connectivity index (χ3n) is 8.19. The molecule has 0 bridgehead atoms. The van der Waals surface area contributed by atoms with Crippen LogP contribution < -0.4 is 5.32 Å². The minimum Gasteiger partial charge on any atom is -0.351 e. The minimum atomic E-state index is -0.313. The van der Waals surface area contributed by atoms with E-state index in [1.165, 1.54) is 0 Å². The Kier molecular flexibility index (Phi) is 9.63. The van der Waals surface area contributed by atoms with E-state index in [2.05, 4.69) is 5.32 Å². The number of likely N-dealkylation sites (tertiary alicyclic amines) is 1. The van der Waals surface area contributed by atoms with Crippen LogP contribution in [-0.4, -0.2) is 52.7 Å². The van der Waals surface area contributed by atoms with Gasteiger partial charge in [0.1, 0.15) is 0 Å². The second kappa shape index (κ2) is 13.5. The lowest BCUT2D eigenvalue weighted by Crippen LogP contribution is -2.56. The van der Waals surface area contributed by atoms with Crippen LogP contribution in [0.2, 0.25) is 10.0 Å². The zero-order valence-electron chi connectivity index (χ0n) is 23.0. The highest BCUT2D eigenvalue weighted by Crippen LogP contribution is 2.28. The van der Waals surface area contributed by atoms with Gasteiger partial charge in [-0.15, -0.1) is 0 Å². The fourth-order valence-electron chi connectivity index (χ4n) is 6.01. The maximum absolute atomic E-state index is 13.9. The number of nitrogens with zero attached hydrogens (tertiary/aromatic N) is 2. The molecule has 3 aromatic carbocycles. The fraction of sp³-hybridized carbons (Fsp3) is 0.364. The lowest BCUT2D eigenvalue weighted by Gasteiger charge is -2.41. The number of nitrogens with one attached hydrogen (secondary N) is 1. The van der Waals surface area contributed by atoms with E-state index in [1.807, 2.05) is 59.5 Å². The van der Waals surface area contributed by atoms with Crippen molar-refractivity contribution in [3.63, 3.8) is 0 Å². The molecule has 1 aliphatic carbocycles. The molecule has 1 saturated carbocycles. The molecule has 0 spiro atoms. The average molecular weight is 593 g/mol. The number of halogens is 2. The van der Waals surface area contributed by atoms with Crippen LogP contribution >= 0.6 is 23.2 Å². The van der Waals surface area contributed by atoms with Gasteiger partial charge in [0.15, 0.2) is 0 Å². The van der Waals surface area contributed by atoms with E-state index in [4.69, 9.17) is 23.2 Å². The van der Waals surface area contributed by atoms with Gasteiger partial charge in [-0.1, -0.05) is 78.5 Å². The summed E-state index contributed by atoms with van der Waals surface area (Å²) in [5, 5.41) is 4.37. The van der Waals surface area contributed by atoms with Crippen LogP contribution in [0.3, 0.4) is 0 Å². The van der Waals surface area contributed by atoms with E-state index in [0.29, 0.717) is 47.2 Å². The first-order valence-electron chi connectivity index (χ1n) is 14.4. The Morgan fingerprint density at radius 1 is 0.829 bits per heavy atom. The van der Waals surface area contributed by atoms with Crippen molar-refractivity contribution in [3.8, 4) is 0 Å². The van der Waals surface area contributed by atoms with E-state index in [-0.39, 0.29) is 35.7 Å². The summed E-state index contributed by atoms with van der Waals surface area (Å²) >= 11 is 12.4. The molecule has 1 saturated heterocycles. The lowest BCUT2D eigenvalue weighted by atomic mass is 9.87. The van der Waals surface area contributed by atoms with Crippen LogP contribution in [0.4, 0.5) is 0 Å². The average Bonchev–Trinajstić information content (AvgIpc) is 3.01. The predicted octanol–water partition coefficient (Wildman–Crippen LogP) is 6.62. The molecule has 2 fully saturated rings. The number of carbonyl (C=O) groups is 3. The van der Waals surface area contributed by atoms with Crippen LogP contribution in [-0.2, 0) is 11.3 Å². The van der Waals surface area contributed by atoms with E-state index >= 15 is 0 Å². The summed E-state index contributed by atoms with van der Waals surface area (Å²) in [5.74, 6) is -0.573. The van der Waals surface area contributed by atoms with Crippen molar-refractivity contribution in [2.45, 2.75) is 57.2 Å². The first-order valence-corrected chi connectivity index (χ1v) is 15.1. The molecular formula is C33H35Cl2N3O3. The van der Waals surface area contributed by atoms with Gasteiger partial charge in [0.2, 0.25) is 5.91 Å². The monoisotopic (exact) mass is 591 g/mol. The van der Waals surface area contributed by atoms with Gasteiger partial charge >= 0.3 is 0 Å². The molecule has 2 unspecified atom stereocenters. The zero-order chi connectivity index (χ0) is 28.8. The number of piperidine rings is 1. The normalized spacial score (nSPS) is 20.7. The van der Waals surface area contributed by atoms with E-state index < -0.39 is 0 Å². The minimum absolute atomic E-state index is 0.0547. The topological polar surface area (TPSA) is 69.7 Å². The molecule has 2 aliphatic rings. The Bertz CT molecular complexity index is 1370. The molecule has 5 rings (SSSR count). The molecule has 3 atom stereocenters. The maximum Gasteiger partial charge on any atom is 0.255 e. The number of amides is 3. The largest absolute Gasteiger partial charge is 0.351 e. The van der Waals surface area contributed by atoms with E-state index in [0.717, 1.165) is 37.7 Å². The number of rotatable bonds is 7. The molecule has 1 heterocycles. The molecule has 214 valence electrons. The second-order valence-corrected chi connectivity index (χ2v) is 11.8. The Morgan fingerprint density at radius 3 is 2.29 bits per heavy atom. The van der Waals surface area contributed by atoms with Gasteiger partial charge in [0.25, 0.3) is 11.8 Å². The number of hydrogen-bond acceptors (Lipinski definition) is 3. The highest BCUT2D eigenvalue weighted by atomic mass is 35.5. The Labute approximate surface area is 251 Å². The molecule has 0 aromatic heterocycles. The van der Waals surface area contributed by atoms with Crippen molar-refractivity contribution in [3.05, 3.63) is 106 Å². The van der Waals surface area contributed by atoms with Gasteiger partial charge in [-0.3, -0.25) is 14.4 Å². The zero-order valence-corrected chi connectivity index (χ0v) is 24.5. The van der Waals surface area contributed by atoms with Crippen LogP contribution in [0, 0.1) is 5.92 Å². The second-order valence-electron chi connectivity index (χ2n) is 11.0. The summed E-state index contributed by atoms with van der Waals surface area (Å²) in [7, 11) is 0. The van der Waals surface area contributed by atoms with Gasteiger partial charge in [-0.25, -0.2) is 0 Å². The molecule has 3 amide bonds. The summed E-state index contributed by atoms with van der Waals surface area (Å²) in [4.78, 5) is 44.3. The molecular weight excluding hydrogens is 557 g/mol. The van der Waals surface area contributed by atoms with Crippen molar-refractivity contribution in [1.82, 2.24) is 15.1 Å². The van der Waals surface area contributed by atoms with Crippen molar-refractivity contribution in [2.24, 2.45) is 5.92 Å². The SMILES string of the molecule is O=C(NC1CCCC[C@H]1N(Cc1ccc(Cl)cc1)C(=O)c1ccccc1)C1CCCN(C(=O)c2ccccc2Cl)C1. The van der Waals surface area contributed by atoms with Crippen LogP contribution in [0.1, 0.15) is 64.8 Å². The van der Waals surface area contributed by atoms with Crippen molar-refractivity contribution < 1.29 is 14.4 Å². The Morgan fingerprint density at radius 2 is 1.54 bits per heavy atom. The Hall–Kier alpha value is -3.35. The van der Waals surface area contributed by atoms with E-state index in [1.54, 1.807) is 29.2 Å². The number of carbonyl (C=O) groups excluding carboxylic acids is 3. The standard InChI is InChI=1S/C33H35Cl2N3O3/c34-26-18-16-23(17-19-26)21-38(32(40)24-9-2-1-3-10-24)30-15-7-6-14-29(30)36-31(39)25-11-8-20-37(22-25)33(41)27-12-4-5-13-28(27)35/h1-5,9-10,12-13,16-19,25,29-30H,6-8,11,14-15,20-22H2,(H,36,39)/t25?,29?,30-/m1/s1. The molecule has 0 radical (unpaired) electrons. The van der Waals surface area contributed by atoms with Gasteiger partial charge in [0.05, 0.1) is 22.5 Å². The highest BCUT2D eigenvalue weighted by Gasteiger charge is 2.37. The first-order chi connectivity index (χ1) is 19.9. The first kappa shape index (κ1) is 29.2. The molecule has 1 aliphatic heterocycles. The molecule has 6 nitrogen and oxygen atoms in total. The van der Waals surface area contributed by atoms with Crippen molar-refractivity contribution in [2.75, 3.05) is 13.1 Å². The molecule has 41 heavy (non-hydrogen) atoms. The summed E-state index contributed by atoms with van der Waals surface area (Å²) < 4.78 is 0. The summed E-state index contributed by atoms with van der Waals surface area (Å²) in [6.07, 6.45) is 5.03. The lowest BCUT2D eigenvalue weighted by molar-refractivity contribution is -0.127. The van der Waals surface area contributed by atoms with Gasteiger partial charge in [0, 0.05) is 36.3 Å². The molecule has 8 heteroatoms. The number of hydrogen-bond donors (Lipinski definition) is 1. The smallest absolute Gasteiger partial charge is 0.255 e. The van der Waals surface area contributed by atoms with Crippen molar-refractivity contribution in [1.29, 1.82) is 0 Å². The van der Waals surface area contributed by atoms with E-state index in [9.17, 15) is 14.4 Å². The summed E-state index contributed by atoms with van der Waals surface area (Å²) in [6, 6.07) is 23.5. The predicted molar refractivity (Wildman–Crippen MR) is 162 cm³/mol. The van der Waals surface area contributed by atoms with Crippen LogP contribution in [0.5, 0.6) is 0 Å². The summed E-state index contributed by atoms with van der Waals surface area (Å²) in [5.41, 5.74) is 2.06. The van der Waals surface area contributed by atoms with Crippen molar-refractivity contribution >= 4 is 40.9 Å². The fourth-order valence-corrected chi connectivity index (χ4v) is 6.35. The molecule has 3 aromatic rings. The Balaban J connectivity index is 1.32. The van der Waals surface area contributed by atoms with Gasteiger partial charge in [-0.2, -0.15) is 0 Å². The third kappa shape index (κ3) is 7.11. The third-order valence-corrected chi connectivity index (χ3v) is 8.77.